The van der Waals surface area contributed by atoms with Crippen LogP contribution in [0.25, 0.3) is 0 Å². The van der Waals surface area contributed by atoms with Crippen molar-refractivity contribution in [1.82, 2.24) is 10.2 Å². The van der Waals surface area contributed by atoms with Gasteiger partial charge >= 0.3 is 0 Å². The maximum absolute atomic E-state index is 12.4. The SMILES string of the molecule is CSc1ccc(Cl)c(C(=O)N2CCNC(C)C2)c1.Cl. The molecule has 1 N–H and O–H groups in total. The van der Waals surface area contributed by atoms with Crippen molar-refractivity contribution in [2.45, 2.75) is 17.9 Å². The second-order valence-electron chi connectivity index (χ2n) is 4.45. The molecule has 1 aromatic rings. The van der Waals surface area contributed by atoms with Crippen molar-refractivity contribution in [3.63, 3.8) is 0 Å². The summed E-state index contributed by atoms with van der Waals surface area (Å²) in [7, 11) is 0. The molecule has 2 rings (SSSR count). The number of benzene rings is 1. The van der Waals surface area contributed by atoms with E-state index in [0.29, 0.717) is 16.6 Å². The van der Waals surface area contributed by atoms with Crippen LogP contribution in [0.1, 0.15) is 17.3 Å². The fourth-order valence-corrected chi connectivity index (χ4v) is 2.72. The Balaban J connectivity index is 0.00000180. The van der Waals surface area contributed by atoms with Gasteiger partial charge in [-0.3, -0.25) is 4.79 Å². The minimum Gasteiger partial charge on any atom is -0.336 e. The van der Waals surface area contributed by atoms with Crippen LogP contribution < -0.4 is 5.32 Å². The van der Waals surface area contributed by atoms with E-state index >= 15 is 0 Å². The summed E-state index contributed by atoms with van der Waals surface area (Å²) in [4.78, 5) is 15.4. The lowest BCUT2D eigenvalue weighted by Crippen LogP contribution is -2.51. The summed E-state index contributed by atoms with van der Waals surface area (Å²) in [6.07, 6.45) is 1.99. The van der Waals surface area contributed by atoms with Gasteiger partial charge in [-0.2, -0.15) is 0 Å². The molecule has 1 aliphatic rings. The van der Waals surface area contributed by atoms with Crippen LogP contribution in [0.5, 0.6) is 0 Å². The molecule has 0 aromatic heterocycles. The van der Waals surface area contributed by atoms with Crippen molar-refractivity contribution in [3.05, 3.63) is 28.8 Å². The number of carbonyl (C=O) groups excluding carboxylic acids is 1. The Morgan fingerprint density at radius 3 is 2.89 bits per heavy atom. The Kier molecular flexibility index (Phi) is 6.47. The number of halogens is 2. The maximum Gasteiger partial charge on any atom is 0.255 e. The van der Waals surface area contributed by atoms with Crippen LogP contribution in [0.15, 0.2) is 23.1 Å². The fourth-order valence-electron chi connectivity index (χ4n) is 2.08. The first-order chi connectivity index (χ1) is 8.61. The molecule has 106 valence electrons. The lowest BCUT2D eigenvalue weighted by atomic mass is 10.1. The van der Waals surface area contributed by atoms with E-state index in [1.807, 2.05) is 23.3 Å². The normalized spacial score (nSPS) is 18.9. The van der Waals surface area contributed by atoms with E-state index < -0.39 is 0 Å². The minimum absolute atomic E-state index is 0. The number of thioether (sulfide) groups is 1. The second kappa shape index (κ2) is 7.39. The van der Waals surface area contributed by atoms with Gasteiger partial charge in [-0.1, -0.05) is 11.6 Å². The van der Waals surface area contributed by atoms with Crippen LogP contribution in [0, 0.1) is 0 Å². The van der Waals surface area contributed by atoms with Crippen LogP contribution in [-0.2, 0) is 0 Å². The quantitative estimate of drug-likeness (QED) is 0.850. The molecule has 0 bridgehead atoms. The van der Waals surface area contributed by atoms with Crippen molar-refractivity contribution in [2.75, 3.05) is 25.9 Å². The highest BCUT2D eigenvalue weighted by molar-refractivity contribution is 7.98. The lowest BCUT2D eigenvalue weighted by molar-refractivity contribution is 0.0709. The Labute approximate surface area is 129 Å². The molecule has 3 nitrogen and oxygen atoms in total. The van der Waals surface area contributed by atoms with Crippen LogP contribution >= 0.6 is 35.8 Å². The highest BCUT2D eigenvalue weighted by atomic mass is 35.5. The molecule has 1 aromatic carbocycles. The Morgan fingerprint density at radius 2 is 2.26 bits per heavy atom. The average Bonchev–Trinajstić information content (AvgIpc) is 2.38. The molecule has 19 heavy (non-hydrogen) atoms. The first-order valence-corrected chi connectivity index (χ1v) is 7.58. The van der Waals surface area contributed by atoms with E-state index in [0.717, 1.165) is 24.5 Å². The third-order valence-corrected chi connectivity index (χ3v) is 4.11. The van der Waals surface area contributed by atoms with Gasteiger partial charge in [0.2, 0.25) is 0 Å². The Bertz CT molecular complexity index is 456. The molecular weight excluding hydrogens is 303 g/mol. The molecule has 1 amide bonds. The largest absolute Gasteiger partial charge is 0.336 e. The number of piperazine rings is 1. The average molecular weight is 321 g/mol. The van der Waals surface area contributed by atoms with E-state index in [9.17, 15) is 4.79 Å². The van der Waals surface area contributed by atoms with E-state index in [1.54, 1.807) is 17.8 Å². The van der Waals surface area contributed by atoms with Gasteiger partial charge in [-0.15, -0.1) is 24.2 Å². The number of hydrogen-bond acceptors (Lipinski definition) is 3. The number of rotatable bonds is 2. The molecule has 1 unspecified atom stereocenters. The number of nitrogens with one attached hydrogen (secondary N) is 1. The van der Waals surface area contributed by atoms with Gasteiger partial charge in [0.1, 0.15) is 0 Å². The summed E-state index contributed by atoms with van der Waals surface area (Å²) in [5.41, 5.74) is 0.609. The third-order valence-electron chi connectivity index (χ3n) is 3.06. The fraction of sp³-hybridized carbons (Fsp3) is 0.462. The van der Waals surface area contributed by atoms with Gasteiger partial charge in [-0.25, -0.2) is 0 Å². The topological polar surface area (TPSA) is 32.3 Å². The molecule has 1 aliphatic heterocycles. The van der Waals surface area contributed by atoms with Crippen LogP contribution in [0.2, 0.25) is 5.02 Å². The molecule has 1 saturated heterocycles. The summed E-state index contributed by atoms with van der Waals surface area (Å²) in [6, 6.07) is 5.95. The first kappa shape index (κ1) is 16.6. The summed E-state index contributed by atoms with van der Waals surface area (Å²) in [5, 5.41) is 3.86. The molecule has 0 radical (unpaired) electrons. The van der Waals surface area contributed by atoms with Crippen LogP contribution in [0.4, 0.5) is 0 Å². The molecule has 1 heterocycles. The lowest BCUT2D eigenvalue weighted by Gasteiger charge is -2.32. The Morgan fingerprint density at radius 1 is 1.53 bits per heavy atom. The van der Waals surface area contributed by atoms with Gasteiger partial charge < -0.3 is 10.2 Å². The molecule has 0 aliphatic carbocycles. The summed E-state index contributed by atoms with van der Waals surface area (Å²) in [6.45, 7) is 4.40. The van der Waals surface area contributed by atoms with Crippen molar-refractivity contribution < 1.29 is 4.79 Å². The zero-order valence-corrected chi connectivity index (χ0v) is 13.4. The maximum atomic E-state index is 12.4. The summed E-state index contributed by atoms with van der Waals surface area (Å²) in [5.74, 6) is 0.0317. The van der Waals surface area contributed by atoms with Crippen LogP contribution in [-0.4, -0.2) is 42.7 Å². The van der Waals surface area contributed by atoms with Crippen molar-refractivity contribution in [1.29, 1.82) is 0 Å². The van der Waals surface area contributed by atoms with Crippen molar-refractivity contribution >= 4 is 41.7 Å². The van der Waals surface area contributed by atoms with Gasteiger partial charge in [0.05, 0.1) is 10.6 Å². The molecule has 0 saturated carbocycles. The molecule has 6 heteroatoms. The van der Waals surface area contributed by atoms with E-state index in [4.69, 9.17) is 11.6 Å². The summed E-state index contributed by atoms with van der Waals surface area (Å²) < 4.78 is 0. The van der Waals surface area contributed by atoms with E-state index in [-0.39, 0.29) is 18.3 Å². The smallest absolute Gasteiger partial charge is 0.255 e. The van der Waals surface area contributed by atoms with Gasteiger partial charge in [-0.05, 0) is 31.4 Å². The summed E-state index contributed by atoms with van der Waals surface area (Å²) >= 11 is 7.75. The molecule has 1 atom stereocenters. The van der Waals surface area contributed by atoms with Crippen LogP contribution in [0.3, 0.4) is 0 Å². The zero-order valence-electron chi connectivity index (χ0n) is 11.0. The highest BCUT2D eigenvalue weighted by Crippen LogP contribution is 2.24. The number of nitrogens with zero attached hydrogens (tertiary/aromatic N) is 1. The molecular formula is C13H18Cl2N2OS. The molecule has 1 fully saturated rings. The standard InChI is InChI=1S/C13H17ClN2OS.ClH/c1-9-8-16(6-5-15-9)13(17)11-7-10(18-2)3-4-12(11)14;/h3-4,7,9,15H,5-6,8H2,1-2H3;1H. The predicted molar refractivity (Wildman–Crippen MR) is 83.8 cm³/mol. The van der Waals surface area contributed by atoms with Crippen molar-refractivity contribution in [3.8, 4) is 0 Å². The highest BCUT2D eigenvalue weighted by Gasteiger charge is 2.23. The number of carbonyl (C=O) groups is 1. The minimum atomic E-state index is 0. The predicted octanol–water partition coefficient (Wildman–Crippen LogP) is 2.92. The second-order valence-corrected chi connectivity index (χ2v) is 5.74. The van der Waals surface area contributed by atoms with Crippen molar-refractivity contribution in [2.24, 2.45) is 0 Å². The van der Waals surface area contributed by atoms with Gasteiger partial charge in [0, 0.05) is 30.6 Å². The number of hydrogen-bond donors (Lipinski definition) is 1. The zero-order chi connectivity index (χ0) is 13.1. The van der Waals surface area contributed by atoms with Gasteiger partial charge in [0.25, 0.3) is 5.91 Å². The molecule has 0 spiro atoms. The van der Waals surface area contributed by atoms with E-state index in [1.165, 1.54) is 0 Å². The number of amides is 1. The first-order valence-electron chi connectivity index (χ1n) is 5.98. The monoisotopic (exact) mass is 320 g/mol. The van der Waals surface area contributed by atoms with Gasteiger partial charge in [0.15, 0.2) is 0 Å². The Hall–Kier alpha value is -0.420. The third kappa shape index (κ3) is 4.02. The van der Waals surface area contributed by atoms with E-state index in [2.05, 4.69) is 12.2 Å².